The molecule has 4 atom stereocenters. The van der Waals surface area contributed by atoms with Crippen LogP contribution in [0, 0.1) is 0 Å². The molecule has 3 aromatic heterocycles. The van der Waals surface area contributed by atoms with E-state index >= 15 is 0 Å². The summed E-state index contributed by atoms with van der Waals surface area (Å²) in [6.45, 7) is 13.6. The zero-order valence-corrected chi connectivity index (χ0v) is 25.7. The maximum Gasteiger partial charge on any atom is 0.260 e. The summed E-state index contributed by atoms with van der Waals surface area (Å²) in [5.74, 6) is 3.02. The van der Waals surface area contributed by atoms with E-state index in [0.717, 1.165) is 61.0 Å². The second kappa shape index (κ2) is 10.6. The molecule has 218 valence electrons. The fraction of sp³-hybridized carbons (Fsp3) is 0.567. The molecule has 0 aliphatic carbocycles. The maximum absolute atomic E-state index is 14.1. The van der Waals surface area contributed by atoms with E-state index in [9.17, 15) is 9.00 Å². The number of rotatable bonds is 7. The van der Waals surface area contributed by atoms with Gasteiger partial charge in [0.1, 0.15) is 23.2 Å². The van der Waals surface area contributed by atoms with Crippen LogP contribution in [-0.2, 0) is 24.0 Å². The summed E-state index contributed by atoms with van der Waals surface area (Å²) in [6.07, 6.45) is 4.84. The van der Waals surface area contributed by atoms with Gasteiger partial charge in [-0.1, -0.05) is 13.0 Å². The molecular weight excluding hydrogens is 536 g/mol. The Morgan fingerprint density at radius 3 is 2.61 bits per heavy atom. The molecule has 3 aromatic rings. The number of carbonyl (C=O) groups is 1. The predicted octanol–water partition coefficient (Wildman–Crippen LogP) is 4.89. The van der Waals surface area contributed by atoms with E-state index in [-0.39, 0.29) is 11.9 Å². The normalized spacial score (nSPS) is 21.9. The third kappa shape index (κ3) is 4.97. The van der Waals surface area contributed by atoms with E-state index in [0.29, 0.717) is 42.1 Å². The summed E-state index contributed by atoms with van der Waals surface area (Å²) >= 11 is 0. The molecule has 41 heavy (non-hydrogen) atoms. The molecular formula is C30H40N8O2S. The van der Waals surface area contributed by atoms with Gasteiger partial charge in [0, 0.05) is 30.6 Å². The van der Waals surface area contributed by atoms with Crippen LogP contribution in [0.3, 0.4) is 0 Å². The molecule has 0 bridgehead atoms. The first-order valence-electron chi connectivity index (χ1n) is 14.8. The van der Waals surface area contributed by atoms with Crippen molar-refractivity contribution in [3.05, 3.63) is 46.9 Å². The number of nitrogens with zero attached hydrogens (tertiary/aromatic N) is 7. The summed E-state index contributed by atoms with van der Waals surface area (Å²) in [4.78, 5) is 28.2. The van der Waals surface area contributed by atoms with Crippen molar-refractivity contribution in [2.75, 3.05) is 16.3 Å². The van der Waals surface area contributed by atoms with Gasteiger partial charge in [-0.2, -0.15) is 0 Å². The van der Waals surface area contributed by atoms with Gasteiger partial charge in [0.25, 0.3) is 5.91 Å². The third-order valence-electron chi connectivity index (χ3n) is 8.56. The Labute approximate surface area is 244 Å². The number of anilines is 2. The maximum atomic E-state index is 14.1. The van der Waals surface area contributed by atoms with Gasteiger partial charge in [-0.05, 0) is 78.5 Å². The second-order valence-electron chi connectivity index (χ2n) is 12.5. The number of hydrogen-bond donors (Lipinski definition) is 1. The van der Waals surface area contributed by atoms with E-state index in [1.165, 1.54) is 0 Å². The minimum absolute atomic E-state index is 0.0898. The molecule has 6 heterocycles. The standard InChI is InChI=1S/C30H40N8O2S/c1-7-22(35-41(40)30(4,5)6)27-21-17-37(29(39)20(21)16-26(32-27)36-15-9-10-18(36)2)24-12-8-11-23(31-24)28-34-33-25-14-13-19(3)38(25)28/h8,11-12,16,18-19,22,35H,7,9-10,13-15,17H2,1-6H3/t18-,19+,22-,41+/m1/s1. The van der Waals surface area contributed by atoms with Gasteiger partial charge in [-0.25, -0.2) is 18.9 Å². The van der Waals surface area contributed by atoms with Crippen molar-refractivity contribution in [1.29, 1.82) is 0 Å². The number of nitrogens with one attached hydrogen (secondary N) is 1. The van der Waals surface area contributed by atoms with Gasteiger partial charge >= 0.3 is 0 Å². The fourth-order valence-electron chi connectivity index (χ4n) is 6.14. The highest BCUT2D eigenvalue weighted by Crippen LogP contribution is 2.37. The molecule has 11 heteroatoms. The Morgan fingerprint density at radius 2 is 1.90 bits per heavy atom. The molecule has 1 amide bonds. The van der Waals surface area contributed by atoms with Gasteiger partial charge in [-0.15, -0.1) is 10.2 Å². The fourth-order valence-corrected chi connectivity index (χ4v) is 7.03. The second-order valence-corrected chi connectivity index (χ2v) is 14.5. The Bertz CT molecular complexity index is 1510. The topological polar surface area (TPSA) is 109 Å². The van der Waals surface area contributed by atoms with Gasteiger partial charge in [0.05, 0.1) is 39.6 Å². The van der Waals surface area contributed by atoms with Crippen molar-refractivity contribution < 1.29 is 9.00 Å². The van der Waals surface area contributed by atoms with Crippen molar-refractivity contribution >= 4 is 28.5 Å². The first kappa shape index (κ1) is 28.0. The van der Waals surface area contributed by atoms with Crippen molar-refractivity contribution in [1.82, 2.24) is 29.5 Å². The summed E-state index contributed by atoms with van der Waals surface area (Å²) < 4.78 is 18.2. The van der Waals surface area contributed by atoms with E-state index in [2.05, 4.69) is 45.2 Å². The van der Waals surface area contributed by atoms with Crippen LogP contribution in [-0.4, -0.2) is 52.2 Å². The Morgan fingerprint density at radius 1 is 1.10 bits per heavy atom. The SMILES string of the molecule is CC[C@@H](N[S@@](=O)C(C)(C)C)c1nc(N2CCC[C@H]2C)cc2c1CN(c1cccc(-c3nnc4n3[C@@H](C)CC4)n1)C2=O. The van der Waals surface area contributed by atoms with Crippen LogP contribution >= 0.6 is 0 Å². The largest absolute Gasteiger partial charge is 0.354 e. The van der Waals surface area contributed by atoms with E-state index in [4.69, 9.17) is 9.97 Å². The first-order valence-corrected chi connectivity index (χ1v) is 15.9. The average molecular weight is 577 g/mol. The first-order chi connectivity index (χ1) is 19.6. The predicted molar refractivity (Wildman–Crippen MR) is 161 cm³/mol. The summed E-state index contributed by atoms with van der Waals surface area (Å²) in [6, 6.07) is 8.09. The molecule has 6 rings (SSSR count). The quantitative estimate of drug-likeness (QED) is 0.426. The highest BCUT2D eigenvalue weighted by atomic mass is 32.2. The van der Waals surface area contributed by atoms with Gasteiger partial charge in [-0.3, -0.25) is 9.69 Å². The van der Waals surface area contributed by atoms with Crippen LogP contribution in [0.4, 0.5) is 11.6 Å². The molecule has 1 N–H and O–H groups in total. The van der Waals surface area contributed by atoms with Gasteiger partial charge < -0.3 is 9.47 Å². The minimum atomic E-state index is -1.29. The van der Waals surface area contributed by atoms with Crippen molar-refractivity contribution in [2.24, 2.45) is 0 Å². The lowest BCUT2D eigenvalue weighted by atomic mass is 10.0. The molecule has 0 radical (unpaired) electrons. The number of carbonyl (C=O) groups excluding carboxylic acids is 1. The lowest BCUT2D eigenvalue weighted by molar-refractivity contribution is 0.0996. The van der Waals surface area contributed by atoms with Crippen molar-refractivity contribution in [3.8, 4) is 11.5 Å². The summed E-state index contributed by atoms with van der Waals surface area (Å²) in [5, 5.41) is 8.82. The van der Waals surface area contributed by atoms with Gasteiger partial charge in [0.2, 0.25) is 0 Å². The number of aryl methyl sites for hydroxylation is 1. The highest BCUT2D eigenvalue weighted by Gasteiger charge is 2.37. The molecule has 3 aliphatic rings. The monoisotopic (exact) mass is 576 g/mol. The molecule has 0 aromatic carbocycles. The van der Waals surface area contributed by atoms with E-state index < -0.39 is 15.7 Å². The van der Waals surface area contributed by atoms with E-state index in [1.807, 2.05) is 45.0 Å². The van der Waals surface area contributed by atoms with Crippen molar-refractivity contribution in [2.45, 2.75) is 103 Å². The molecule has 0 saturated carbocycles. The summed E-state index contributed by atoms with van der Waals surface area (Å²) in [5.41, 5.74) is 3.03. The molecule has 1 saturated heterocycles. The summed E-state index contributed by atoms with van der Waals surface area (Å²) in [7, 11) is -1.29. The zero-order chi connectivity index (χ0) is 29.1. The van der Waals surface area contributed by atoms with Crippen LogP contribution in [0.15, 0.2) is 24.3 Å². The number of pyridine rings is 2. The molecule has 0 spiro atoms. The average Bonchev–Trinajstić information content (AvgIpc) is 3.72. The van der Waals surface area contributed by atoms with Gasteiger partial charge in [0.15, 0.2) is 5.82 Å². The number of aromatic nitrogens is 5. The highest BCUT2D eigenvalue weighted by molar-refractivity contribution is 7.84. The molecule has 0 unspecified atom stereocenters. The van der Waals surface area contributed by atoms with Crippen LogP contribution < -0.4 is 14.5 Å². The molecule has 1 fully saturated rings. The Balaban J connectivity index is 1.39. The molecule has 10 nitrogen and oxygen atoms in total. The number of fused-ring (bicyclic) bond motifs is 2. The van der Waals surface area contributed by atoms with Crippen LogP contribution in [0.25, 0.3) is 11.5 Å². The Hall–Kier alpha value is -3.18. The smallest absolute Gasteiger partial charge is 0.260 e. The zero-order valence-electron chi connectivity index (χ0n) is 24.8. The van der Waals surface area contributed by atoms with Crippen LogP contribution in [0.5, 0.6) is 0 Å². The number of hydrogen-bond acceptors (Lipinski definition) is 7. The third-order valence-corrected chi connectivity index (χ3v) is 10.2. The number of amides is 1. The van der Waals surface area contributed by atoms with Crippen molar-refractivity contribution in [3.63, 3.8) is 0 Å². The van der Waals surface area contributed by atoms with E-state index in [1.54, 1.807) is 4.90 Å². The lowest BCUT2D eigenvalue weighted by Crippen LogP contribution is -2.36. The Kier molecular flexibility index (Phi) is 7.22. The lowest BCUT2D eigenvalue weighted by Gasteiger charge is -2.27. The minimum Gasteiger partial charge on any atom is -0.354 e. The van der Waals surface area contributed by atoms with Crippen LogP contribution in [0.1, 0.15) is 107 Å². The van der Waals surface area contributed by atoms with Crippen LogP contribution in [0.2, 0.25) is 0 Å². The molecule has 3 aliphatic heterocycles.